The van der Waals surface area contributed by atoms with Crippen LogP contribution in [0.5, 0.6) is 0 Å². The summed E-state index contributed by atoms with van der Waals surface area (Å²) in [5.74, 6) is -2.76. The van der Waals surface area contributed by atoms with E-state index in [0.717, 1.165) is 54.4 Å². The highest BCUT2D eigenvalue weighted by molar-refractivity contribution is 7.90. The van der Waals surface area contributed by atoms with Crippen molar-refractivity contribution in [3.05, 3.63) is 65.4 Å². The molecule has 0 saturated heterocycles. The van der Waals surface area contributed by atoms with Crippen molar-refractivity contribution < 1.29 is 31.5 Å². The highest BCUT2D eigenvalue weighted by atomic mass is 32.2. The fourth-order valence-corrected chi connectivity index (χ4v) is 5.01. The normalized spacial score (nSPS) is 13.9. The molecule has 2 heterocycles. The number of hydrogen-bond acceptors (Lipinski definition) is 4. The third-order valence-corrected chi connectivity index (χ3v) is 6.80. The first kappa shape index (κ1) is 23.8. The van der Waals surface area contributed by atoms with Crippen molar-refractivity contribution in [1.82, 2.24) is 9.29 Å². The topological polar surface area (TPSA) is 88.4 Å². The van der Waals surface area contributed by atoms with Crippen molar-refractivity contribution in [3.8, 4) is 0 Å². The number of halogens is 3. The minimum Gasteiger partial charge on any atom is -0.475 e. The molecule has 0 bridgehead atoms. The van der Waals surface area contributed by atoms with Crippen LogP contribution in [0, 0.1) is 0 Å². The molecule has 2 N–H and O–H groups in total. The molecule has 2 aromatic carbocycles. The summed E-state index contributed by atoms with van der Waals surface area (Å²) >= 11 is 0. The molecule has 1 aliphatic rings. The average molecular weight is 468 g/mol. The van der Waals surface area contributed by atoms with E-state index in [2.05, 4.69) is 18.3 Å². The van der Waals surface area contributed by atoms with Gasteiger partial charge in [0.25, 0.3) is 10.0 Å². The lowest BCUT2D eigenvalue weighted by atomic mass is 10.1. The van der Waals surface area contributed by atoms with E-state index < -0.39 is 22.2 Å². The van der Waals surface area contributed by atoms with Gasteiger partial charge in [0.1, 0.15) is 0 Å². The molecule has 0 radical (unpaired) electrons. The highest BCUT2D eigenvalue weighted by Gasteiger charge is 2.38. The molecule has 6 nitrogen and oxygen atoms in total. The Kier molecular flexibility index (Phi) is 6.94. The predicted molar refractivity (Wildman–Crippen MR) is 114 cm³/mol. The maximum absolute atomic E-state index is 13.2. The summed E-state index contributed by atoms with van der Waals surface area (Å²) in [6.07, 6.45) is -0.427. The largest absolute Gasteiger partial charge is 0.490 e. The lowest BCUT2D eigenvalue weighted by molar-refractivity contribution is -0.192. The third kappa shape index (κ3) is 4.97. The van der Waals surface area contributed by atoms with Gasteiger partial charge >= 0.3 is 12.1 Å². The number of nitrogens with zero attached hydrogens (tertiary/aromatic N) is 1. The fraction of sp³-hybridized carbons (Fsp3) is 0.318. The van der Waals surface area contributed by atoms with Crippen LogP contribution in [-0.4, -0.2) is 36.2 Å². The molecule has 10 heteroatoms. The molecule has 1 aromatic heterocycles. The number of aromatic nitrogens is 1. The summed E-state index contributed by atoms with van der Waals surface area (Å²) in [5.41, 5.74) is 4.20. The Morgan fingerprint density at radius 2 is 1.78 bits per heavy atom. The van der Waals surface area contributed by atoms with E-state index in [1.807, 2.05) is 24.3 Å². The maximum atomic E-state index is 13.2. The van der Waals surface area contributed by atoms with Gasteiger partial charge in [-0.2, -0.15) is 13.2 Å². The number of carboxylic acid groups (broad SMARTS) is 1. The Morgan fingerprint density at radius 3 is 2.38 bits per heavy atom. The second kappa shape index (κ2) is 9.33. The number of alkyl halides is 3. The summed E-state index contributed by atoms with van der Waals surface area (Å²) in [6, 6.07) is 13.2. The lowest BCUT2D eigenvalue weighted by Crippen LogP contribution is -2.21. The first-order valence-corrected chi connectivity index (χ1v) is 11.5. The molecule has 3 aromatic rings. The zero-order valence-electron chi connectivity index (χ0n) is 17.3. The van der Waals surface area contributed by atoms with Crippen molar-refractivity contribution in [2.45, 2.75) is 43.8 Å². The average Bonchev–Trinajstić information content (AvgIpc) is 2.99. The summed E-state index contributed by atoms with van der Waals surface area (Å²) in [7, 11) is -3.59. The zero-order chi connectivity index (χ0) is 23.5. The number of aryl methyl sites for hydroxylation is 1. The SMILES string of the molecule is CCCc1ccc(S(=O)(=O)n2cc3c4c(cccc42)CNCC3)cc1.O=C(O)C(F)(F)F. The van der Waals surface area contributed by atoms with E-state index in [1.165, 1.54) is 9.54 Å². The van der Waals surface area contributed by atoms with Gasteiger partial charge in [0.2, 0.25) is 0 Å². The Labute approximate surface area is 183 Å². The number of carboxylic acids is 1. The molecule has 4 rings (SSSR count). The molecule has 32 heavy (non-hydrogen) atoms. The maximum Gasteiger partial charge on any atom is 0.490 e. The van der Waals surface area contributed by atoms with Crippen molar-refractivity contribution in [2.24, 2.45) is 0 Å². The van der Waals surface area contributed by atoms with Gasteiger partial charge in [0.15, 0.2) is 0 Å². The van der Waals surface area contributed by atoms with Gasteiger partial charge in [-0.05, 0) is 54.3 Å². The van der Waals surface area contributed by atoms with Gasteiger partial charge in [-0.3, -0.25) is 0 Å². The van der Waals surface area contributed by atoms with Crippen molar-refractivity contribution in [1.29, 1.82) is 0 Å². The molecule has 0 spiro atoms. The van der Waals surface area contributed by atoms with Gasteiger partial charge in [0.05, 0.1) is 10.4 Å². The lowest BCUT2D eigenvalue weighted by Gasteiger charge is -2.09. The molecule has 0 saturated carbocycles. The van der Waals surface area contributed by atoms with Crippen LogP contribution < -0.4 is 5.32 Å². The molecule has 0 fully saturated rings. The van der Waals surface area contributed by atoms with Crippen LogP contribution in [0.25, 0.3) is 10.9 Å². The smallest absolute Gasteiger partial charge is 0.475 e. The zero-order valence-corrected chi connectivity index (χ0v) is 18.1. The van der Waals surface area contributed by atoms with Crippen molar-refractivity contribution in [2.75, 3.05) is 6.54 Å². The van der Waals surface area contributed by atoms with Crippen LogP contribution in [0.3, 0.4) is 0 Å². The van der Waals surface area contributed by atoms with E-state index in [9.17, 15) is 21.6 Å². The number of carbonyl (C=O) groups is 1. The molecular weight excluding hydrogens is 445 g/mol. The van der Waals surface area contributed by atoms with Crippen LogP contribution in [0.2, 0.25) is 0 Å². The van der Waals surface area contributed by atoms with Gasteiger partial charge in [-0.15, -0.1) is 0 Å². The van der Waals surface area contributed by atoms with Gasteiger partial charge in [0, 0.05) is 18.1 Å². The Hall–Kier alpha value is -2.85. The van der Waals surface area contributed by atoms with Crippen molar-refractivity contribution >= 4 is 26.9 Å². The molecule has 1 aliphatic heterocycles. The van der Waals surface area contributed by atoms with Gasteiger partial charge in [-0.25, -0.2) is 17.2 Å². The van der Waals surface area contributed by atoms with E-state index >= 15 is 0 Å². The second-order valence-electron chi connectivity index (χ2n) is 7.39. The van der Waals surface area contributed by atoms with E-state index in [1.54, 1.807) is 18.3 Å². The second-order valence-corrected chi connectivity index (χ2v) is 9.21. The quantitative estimate of drug-likeness (QED) is 0.602. The third-order valence-electron chi connectivity index (χ3n) is 5.11. The van der Waals surface area contributed by atoms with E-state index in [4.69, 9.17) is 9.90 Å². The summed E-state index contributed by atoms with van der Waals surface area (Å²) in [5, 5.41) is 11.6. The predicted octanol–water partition coefficient (Wildman–Crippen LogP) is 4.11. The number of aliphatic carboxylic acids is 1. The minimum atomic E-state index is -5.08. The fourth-order valence-electron chi connectivity index (χ4n) is 3.63. The van der Waals surface area contributed by atoms with Crippen molar-refractivity contribution in [3.63, 3.8) is 0 Å². The monoisotopic (exact) mass is 468 g/mol. The van der Waals surface area contributed by atoms with Crippen LogP contribution >= 0.6 is 0 Å². The van der Waals surface area contributed by atoms with Gasteiger partial charge in [-0.1, -0.05) is 37.6 Å². The number of benzene rings is 2. The minimum absolute atomic E-state index is 0.344. The summed E-state index contributed by atoms with van der Waals surface area (Å²) in [6.45, 7) is 3.76. The summed E-state index contributed by atoms with van der Waals surface area (Å²) in [4.78, 5) is 9.24. The van der Waals surface area contributed by atoms with Crippen LogP contribution in [0.4, 0.5) is 13.2 Å². The Bertz CT molecular complexity index is 1220. The standard InChI is InChI=1S/C20H22N2O2S.C2HF3O2/c1-2-4-15-7-9-18(10-8-15)25(23,24)22-14-17-11-12-21-13-16-5-3-6-19(22)20(16)17;3-2(4,5)1(6)7/h3,5-10,14,21H,2,4,11-13H2,1H3;(H,6,7). The number of hydrogen-bond donors (Lipinski definition) is 2. The summed E-state index contributed by atoms with van der Waals surface area (Å²) < 4.78 is 59.6. The highest BCUT2D eigenvalue weighted by Crippen LogP contribution is 2.30. The molecule has 0 atom stereocenters. The van der Waals surface area contributed by atoms with Crippen LogP contribution in [0.1, 0.15) is 30.0 Å². The molecule has 0 aliphatic carbocycles. The molecule has 0 amide bonds. The Balaban J connectivity index is 0.000000360. The van der Waals surface area contributed by atoms with Crippen LogP contribution in [-0.2, 0) is 34.2 Å². The Morgan fingerprint density at radius 1 is 1.12 bits per heavy atom. The van der Waals surface area contributed by atoms with E-state index in [-0.39, 0.29) is 0 Å². The first-order valence-electron chi connectivity index (χ1n) is 10.0. The molecular formula is C22H23F3N2O4S. The van der Waals surface area contributed by atoms with Gasteiger partial charge < -0.3 is 10.4 Å². The molecule has 172 valence electrons. The van der Waals surface area contributed by atoms with E-state index in [0.29, 0.717) is 4.90 Å². The molecule has 0 unspecified atom stereocenters. The number of rotatable bonds is 4. The van der Waals surface area contributed by atoms with Crippen LogP contribution in [0.15, 0.2) is 53.6 Å². The number of nitrogens with one attached hydrogen (secondary N) is 1. The first-order chi connectivity index (χ1) is 15.1.